The molecule has 11 aromatic carbocycles. The summed E-state index contributed by atoms with van der Waals surface area (Å²) in [6.07, 6.45) is 0. The van der Waals surface area contributed by atoms with Crippen molar-refractivity contribution in [3.63, 3.8) is 0 Å². The maximum atomic E-state index is 6.69. The van der Waals surface area contributed by atoms with Crippen LogP contribution in [0.25, 0.3) is 93.3 Å². The third kappa shape index (κ3) is 7.96. The van der Waals surface area contributed by atoms with Gasteiger partial charge in [-0.1, -0.05) is 167 Å². The van der Waals surface area contributed by atoms with Crippen molar-refractivity contribution in [2.45, 2.75) is 39.3 Å². The molecule has 0 aliphatic rings. The molecule has 3 heterocycles. The standard InChI is InChI=1S/C70H57N3O2Si2/c1-76(2,3)67-26-16-24-58-61-43-54(35-38-65(61)74-69(58)67)71(50-20-12-8-13-21-50)53-33-30-48-41-60-57-37-34-56(45-64(57)73(63(60)42-49(48)40-53)52-31-28-47(29-32-52)46-18-10-7-11-19-46)72(51-22-14-9-15-23-51)55-36-39-66-62(44-55)59-25-17-27-68(70(59)75-66)77(4,5)6/h7-45H,1-6H3. The van der Waals surface area contributed by atoms with E-state index in [1.807, 2.05) is 0 Å². The second kappa shape index (κ2) is 17.9. The Bertz CT molecular complexity index is 4580. The van der Waals surface area contributed by atoms with Gasteiger partial charge in [0.15, 0.2) is 0 Å². The average molecular weight is 1030 g/mol. The van der Waals surface area contributed by atoms with Crippen molar-refractivity contribution in [1.82, 2.24) is 4.57 Å². The molecule has 0 N–H and O–H groups in total. The monoisotopic (exact) mass is 1030 g/mol. The highest BCUT2D eigenvalue weighted by Crippen LogP contribution is 2.45. The van der Waals surface area contributed by atoms with Crippen molar-refractivity contribution in [1.29, 1.82) is 0 Å². The summed E-state index contributed by atoms with van der Waals surface area (Å²) in [5.74, 6) is 0. The van der Waals surface area contributed by atoms with Crippen LogP contribution < -0.4 is 20.2 Å². The Hall–Kier alpha value is -8.89. The molecule has 3 aromatic heterocycles. The highest BCUT2D eigenvalue weighted by molar-refractivity contribution is 6.90. The van der Waals surface area contributed by atoms with Crippen molar-refractivity contribution >= 4 is 137 Å². The van der Waals surface area contributed by atoms with E-state index in [-0.39, 0.29) is 0 Å². The molecule has 0 atom stereocenters. The van der Waals surface area contributed by atoms with E-state index >= 15 is 0 Å². The van der Waals surface area contributed by atoms with Crippen LogP contribution in [0.3, 0.4) is 0 Å². The first-order chi connectivity index (χ1) is 37.4. The minimum atomic E-state index is -1.68. The van der Waals surface area contributed by atoms with Gasteiger partial charge in [0, 0.05) is 72.1 Å². The highest BCUT2D eigenvalue weighted by Gasteiger charge is 2.26. The quantitative estimate of drug-likeness (QED) is 0.128. The maximum Gasteiger partial charge on any atom is 0.135 e. The van der Waals surface area contributed by atoms with Crippen LogP contribution in [0.1, 0.15) is 0 Å². The summed E-state index contributed by atoms with van der Waals surface area (Å²) in [5.41, 5.74) is 16.0. The molecule has 0 aliphatic carbocycles. The molecule has 0 fully saturated rings. The molecule has 0 radical (unpaired) electrons. The van der Waals surface area contributed by atoms with Gasteiger partial charge in [-0.25, -0.2) is 0 Å². The largest absolute Gasteiger partial charge is 0.456 e. The first-order valence-electron chi connectivity index (χ1n) is 26.7. The van der Waals surface area contributed by atoms with E-state index in [1.165, 1.54) is 43.0 Å². The van der Waals surface area contributed by atoms with Gasteiger partial charge < -0.3 is 23.2 Å². The predicted octanol–water partition coefficient (Wildman–Crippen LogP) is 19.4. The Morgan fingerprint density at radius 3 is 1.32 bits per heavy atom. The fraction of sp³-hybridized carbons (Fsp3) is 0.0857. The number of aromatic nitrogens is 1. The van der Waals surface area contributed by atoms with Gasteiger partial charge in [-0.15, -0.1) is 0 Å². The lowest BCUT2D eigenvalue weighted by molar-refractivity contribution is 0.671. The normalized spacial score (nSPS) is 12.3. The van der Waals surface area contributed by atoms with Crippen LogP contribution in [-0.4, -0.2) is 20.7 Å². The maximum absolute atomic E-state index is 6.69. The molecule has 0 amide bonds. The molecule has 5 nitrogen and oxygen atoms in total. The van der Waals surface area contributed by atoms with Crippen LogP contribution in [0.5, 0.6) is 0 Å². The Morgan fingerprint density at radius 2 is 0.779 bits per heavy atom. The van der Waals surface area contributed by atoms with Crippen molar-refractivity contribution in [3.8, 4) is 16.8 Å². The Labute approximate surface area is 450 Å². The van der Waals surface area contributed by atoms with E-state index in [1.54, 1.807) is 0 Å². The Morgan fingerprint density at radius 1 is 0.312 bits per heavy atom. The van der Waals surface area contributed by atoms with Gasteiger partial charge in [0.05, 0.1) is 27.2 Å². The van der Waals surface area contributed by atoms with Crippen molar-refractivity contribution in [3.05, 3.63) is 237 Å². The van der Waals surface area contributed by atoms with Gasteiger partial charge in [0.25, 0.3) is 0 Å². The molecule has 0 saturated heterocycles. The molecule has 77 heavy (non-hydrogen) atoms. The fourth-order valence-electron chi connectivity index (χ4n) is 11.8. The van der Waals surface area contributed by atoms with Gasteiger partial charge in [-0.2, -0.15) is 0 Å². The Balaban J connectivity index is 0.959. The summed E-state index contributed by atoms with van der Waals surface area (Å²) in [7, 11) is -3.35. The molecule has 372 valence electrons. The smallest absolute Gasteiger partial charge is 0.135 e. The molecule has 0 saturated carbocycles. The van der Waals surface area contributed by atoms with E-state index in [9.17, 15) is 0 Å². The predicted molar refractivity (Wildman–Crippen MR) is 334 cm³/mol. The van der Waals surface area contributed by atoms with Gasteiger partial charge >= 0.3 is 0 Å². The SMILES string of the molecule is C[Si](C)(C)c1cccc2c1oc1ccc(N(c3ccccc3)c3ccc4cc5c6ccc(N(c7ccccc7)c7ccc8oc9c([Si](C)(C)C)cccc9c8c7)cc6n(-c6ccc(-c7ccccc7)cc6)c5cc4c3)cc12. The van der Waals surface area contributed by atoms with Crippen molar-refractivity contribution in [2.75, 3.05) is 9.80 Å². The zero-order valence-electron chi connectivity index (χ0n) is 44.2. The van der Waals surface area contributed by atoms with E-state index in [0.29, 0.717) is 0 Å². The number of fused-ring (bicyclic) bond motifs is 10. The lowest BCUT2D eigenvalue weighted by Crippen LogP contribution is -2.37. The molecule has 0 bridgehead atoms. The first kappa shape index (κ1) is 46.6. The van der Waals surface area contributed by atoms with Crippen LogP contribution >= 0.6 is 0 Å². The zero-order chi connectivity index (χ0) is 52.2. The number of furan rings is 2. The number of benzene rings is 11. The lowest BCUT2D eigenvalue weighted by atomic mass is 10.0. The number of hydrogen-bond donors (Lipinski definition) is 0. The van der Waals surface area contributed by atoms with Crippen molar-refractivity contribution in [2.24, 2.45) is 0 Å². The molecule has 14 rings (SSSR count). The van der Waals surface area contributed by atoms with Gasteiger partial charge in [0.2, 0.25) is 0 Å². The van der Waals surface area contributed by atoms with Crippen LogP contribution in [0.15, 0.2) is 245 Å². The first-order valence-corrected chi connectivity index (χ1v) is 33.7. The van der Waals surface area contributed by atoms with Crippen LogP contribution in [-0.2, 0) is 0 Å². The zero-order valence-corrected chi connectivity index (χ0v) is 46.2. The van der Waals surface area contributed by atoms with Gasteiger partial charge in [0.1, 0.15) is 22.3 Å². The number of anilines is 6. The summed E-state index contributed by atoms with van der Waals surface area (Å²) in [5, 5.41) is 12.0. The lowest BCUT2D eigenvalue weighted by Gasteiger charge is -2.26. The summed E-state index contributed by atoms with van der Waals surface area (Å²) in [4.78, 5) is 4.76. The van der Waals surface area contributed by atoms with Crippen molar-refractivity contribution < 1.29 is 8.83 Å². The summed E-state index contributed by atoms with van der Waals surface area (Å²) >= 11 is 0. The van der Waals surface area contributed by atoms with Crippen LogP contribution in [0.2, 0.25) is 39.3 Å². The number of rotatable bonds is 10. The topological polar surface area (TPSA) is 37.7 Å². The average Bonchev–Trinajstić information content (AvgIpc) is 4.13. The second-order valence-electron chi connectivity index (χ2n) is 22.6. The van der Waals surface area contributed by atoms with Gasteiger partial charge in [-0.3, -0.25) is 0 Å². The molecule has 0 aliphatic heterocycles. The minimum Gasteiger partial charge on any atom is -0.456 e. The summed E-state index contributed by atoms with van der Waals surface area (Å²) < 4.78 is 15.8. The highest BCUT2D eigenvalue weighted by atomic mass is 28.3. The number of nitrogens with zero attached hydrogens (tertiary/aromatic N) is 3. The summed E-state index contributed by atoms with van der Waals surface area (Å²) in [6.45, 7) is 14.3. The van der Waals surface area contributed by atoms with E-state index in [4.69, 9.17) is 8.83 Å². The van der Waals surface area contributed by atoms with Crippen LogP contribution in [0.4, 0.5) is 34.1 Å². The van der Waals surface area contributed by atoms with Gasteiger partial charge in [-0.05, 0) is 141 Å². The van der Waals surface area contributed by atoms with E-state index in [0.717, 1.165) is 94.7 Å². The molecule has 7 heteroatoms. The number of hydrogen-bond acceptors (Lipinski definition) is 4. The molecule has 0 unspecified atom stereocenters. The molecular weight excluding hydrogens is 971 g/mol. The third-order valence-corrected chi connectivity index (χ3v) is 19.6. The number of para-hydroxylation sites is 4. The Kier molecular flexibility index (Phi) is 10.8. The molecular formula is C70H57N3O2Si2. The minimum absolute atomic E-state index is 0.905. The second-order valence-corrected chi connectivity index (χ2v) is 32.7. The third-order valence-electron chi connectivity index (χ3n) is 15.6. The fourth-order valence-corrected chi connectivity index (χ4v) is 14.7. The van der Waals surface area contributed by atoms with E-state index in [2.05, 4.69) is 290 Å². The summed E-state index contributed by atoms with van der Waals surface area (Å²) in [6, 6.07) is 86.5. The molecule has 0 spiro atoms. The van der Waals surface area contributed by atoms with Crippen LogP contribution in [0, 0.1) is 0 Å². The van der Waals surface area contributed by atoms with E-state index < -0.39 is 16.1 Å². The molecule has 14 aromatic rings.